The molecule has 0 fully saturated rings. The molecule has 0 amide bonds. The van der Waals surface area contributed by atoms with Crippen molar-refractivity contribution in [1.82, 2.24) is 9.78 Å². The Balaban J connectivity index is 1.54. The zero-order valence-electron chi connectivity index (χ0n) is 24.9. The van der Waals surface area contributed by atoms with Gasteiger partial charge >= 0.3 is 0 Å². The molecule has 0 aliphatic heterocycles. The Morgan fingerprint density at radius 2 is 1.40 bits per heavy atom. The molecule has 0 aliphatic carbocycles. The Morgan fingerprint density at radius 1 is 0.775 bits per heavy atom. The van der Waals surface area contributed by atoms with Crippen molar-refractivity contribution in [2.75, 3.05) is 50.8 Å². The number of benzene rings is 3. The van der Waals surface area contributed by atoms with Crippen molar-refractivity contribution < 1.29 is 9.22 Å². The van der Waals surface area contributed by atoms with Crippen molar-refractivity contribution in [2.24, 2.45) is 0 Å². The summed E-state index contributed by atoms with van der Waals surface area (Å²) in [7, 11) is 0. The minimum absolute atomic E-state index is 0.119. The number of fused-ring (bicyclic) bond motifs is 1. The summed E-state index contributed by atoms with van der Waals surface area (Å²) in [6.07, 6.45) is 2.22. The molecule has 0 N–H and O–H groups in total. The molecule has 40 heavy (non-hydrogen) atoms. The van der Waals surface area contributed by atoms with E-state index in [1.165, 1.54) is 41.8 Å². The predicted molar refractivity (Wildman–Crippen MR) is 168 cm³/mol. The lowest BCUT2D eigenvalue weighted by Gasteiger charge is -2.35. The molecule has 0 unspecified atom stereocenters. The maximum atomic E-state index is 13.5. The van der Waals surface area contributed by atoms with E-state index in [2.05, 4.69) is 51.7 Å². The van der Waals surface area contributed by atoms with E-state index < -0.39 is 0 Å². The van der Waals surface area contributed by atoms with Gasteiger partial charge in [0.05, 0.1) is 49.6 Å². The molecule has 0 bridgehead atoms. The Bertz CT molecular complexity index is 1410. The minimum Gasteiger partial charge on any atom is -0.494 e. The molecular formula is C34H45N4O2+. The second-order valence-electron chi connectivity index (χ2n) is 10.4. The third kappa shape index (κ3) is 6.39. The number of rotatable bonds is 14. The van der Waals surface area contributed by atoms with Crippen molar-refractivity contribution in [3.63, 3.8) is 0 Å². The van der Waals surface area contributed by atoms with Gasteiger partial charge in [0.1, 0.15) is 5.75 Å². The zero-order valence-corrected chi connectivity index (χ0v) is 24.9. The van der Waals surface area contributed by atoms with Gasteiger partial charge in [0.2, 0.25) is 0 Å². The number of nitrogens with zero attached hydrogens (tertiary/aromatic N) is 4. The average Bonchev–Trinajstić information content (AvgIpc) is 3.01. The number of quaternary nitrogens is 1. The molecule has 0 spiro atoms. The summed E-state index contributed by atoms with van der Waals surface area (Å²) < 4.78 is 8.78. The summed E-state index contributed by atoms with van der Waals surface area (Å²) >= 11 is 0. The van der Waals surface area contributed by atoms with Crippen LogP contribution in [0.4, 0.5) is 5.69 Å². The van der Waals surface area contributed by atoms with Gasteiger partial charge in [0.15, 0.2) is 0 Å². The minimum atomic E-state index is -0.119. The largest absolute Gasteiger partial charge is 0.494 e. The second-order valence-corrected chi connectivity index (χ2v) is 10.4. The highest BCUT2D eigenvalue weighted by atomic mass is 16.5. The molecule has 4 aromatic rings. The van der Waals surface area contributed by atoms with Gasteiger partial charge in [-0.1, -0.05) is 18.2 Å². The molecular weight excluding hydrogens is 496 g/mol. The molecule has 212 valence electrons. The molecule has 4 rings (SSSR count). The molecule has 1 heterocycles. The first-order valence-corrected chi connectivity index (χ1v) is 14.9. The van der Waals surface area contributed by atoms with E-state index in [1.54, 1.807) is 0 Å². The molecule has 6 nitrogen and oxygen atoms in total. The number of ether oxygens (including phenoxy) is 1. The van der Waals surface area contributed by atoms with Gasteiger partial charge in [-0.05, 0) is 102 Å². The van der Waals surface area contributed by atoms with E-state index in [-0.39, 0.29) is 5.56 Å². The van der Waals surface area contributed by atoms with Gasteiger partial charge in [-0.15, -0.1) is 0 Å². The first kappa shape index (κ1) is 29.3. The molecule has 6 heteroatoms. The van der Waals surface area contributed by atoms with Crippen LogP contribution in [0.15, 0.2) is 77.6 Å². The van der Waals surface area contributed by atoms with Crippen LogP contribution in [0.25, 0.3) is 27.7 Å². The summed E-state index contributed by atoms with van der Waals surface area (Å²) in [6, 6.07) is 23.9. The Hall–Kier alpha value is -3.64. The number of aromatic nitrogens is 2. The summed E-state index contributed by atoms with van der Waals surface area (Å²) in [5.41, 5.74) is 3.50. The molecule has 0 atom stereocenters. The quantitative estimate of drug-likeness (QED) is 0.128. The van der Waals surface area contributed by atoms with Crippen LogP contribution in [-0.4, -0.2) is 60.1 Å². The Labute approximate surface area is 239 Å². The SMILES string of the molecule is CCN(CC)c1ccc(-n2nc(-c3ccc(OCCCC[N+](CC)(CC)CC)cc3)c3ccccc3c2=O)cc1. The first-order chi connectivity index (χ1) is 19.5. The molecule has 0 aliphatic rings. The van der Waals surface area contributed by atoms with Gasteiger partial charge in [-0.3, -0.25) is 4.79 Å². The zero-order chi connectivity index (χ0) is 28.5. The average molecular weight is 542 g/mol. The first-order valence-electron chi connectivity index (χ1n) is 14.9. The van der Waals surface area contributed by atoms with Crippen LogP contribution >= 0.6 is 0 Å². The maximum absolute atomic E-state index is 13.5. The number of hydrogen-bond acceptors (Lipinski definition) is 4. The molecule has 0 saturated heterocycles. The number of unbranched alkanes of at least 4 members (excludes halogenated alkanes) is 1. The fraction of sp³-hybridized carbons (Fsp3) is 0.412. The van der Waals surface area contributed by atoms with Crippen LogP contribution in [0.5, 0.6) is 5.75 Å². The van der Waals surface area contributed by atoms with E-state index in [1.807, 2.05) is 60.7 Å². The third-order valence-electron chi connectivity index (χ3n) is 8.46. The number of hydrogen-bond donors (Lipinski definition) is 0. The molecule has 0 radical (unpaired) electrons. The van der Waals surface area contributed by atoms with E-state index in [9.17, 15) is 4.79 Å². The van der Waals surface area contributed by atoms with Gasteiger partial charge in [-0.2, -0.15) is 9.78 Å². The van der Waals surface area contributed by atoms with Crippen molar-refractivity contribution in [3.05, 3.63) is 83.2 Å². The van der Waals surface area contributed by atoms with Gasteiger partial charge in [0.25, 0.3) is 5.56 Å². The lowest BCUT2D eigenvalue weighted by molar-refractivity contribution is -0.923. The van der Waals surface area contributed by atoms with Crippen LogP contribution in [0.2, 0.25) is 0 Å². The van der Waals surface area contributed by atoms with Gasteiger partial charge in [0, 0.05) is 29.7 Å². The van der Waals surface area contributed by atoms with Crippen LogP contribution in [0.3, 0.4) is 0 Å². The molecule has 3 aromatic carbocycles. The van der Waals surface area contributed by atoms with E-state index in [4.69, 9.17) is 9.84 Å². The molecule has 0 saturated carbocycles. The van der Waals surface area contributed by atoms with Crippen molar-refractivity contribution in [3.8, 4) is 22.7 Å². The standard InChI is InChI=1S/C34H45N4O2/c1-6-36(7-2)28-19-21-29(22-20-28)37-34(39)32-16-12-11-15-31(32)33(35-37)27-17-23-30(24-18-27)40-26-14-13-25-38(8-3,9-4)10-5/h11-12,15-24H,6-10,13-14,25-26H2,1-5H3/q+1. The van der Waals surface area contributed by atoms with Crippen LogP contribution < -0.4 is 15.2 Å². The molecule has 1 aromatic heterocycles. The fourth-order valence-electron chi connectivity index (χ4n) is 5.56. The monoisotopic (exact) mass is 541 g/mol. The van der Waals surface area contributed by atoms with Crippen molar-refractivity contribution in [2.45, 2.75) is 47.5 Å². The Kier molecular flexibility index (Phi) is 9.99. The van der Waals surface area contributed by atoms with E-state index >= 15 is 0 Å². The third-order valence-corrected chi connectivity index (χ3v) is 8.46. The highest BCUT2D eigenvalue weighted by Gasteiger charge is 2.19. The topological polar surface area (TPSA) is 47.4 Å². The van der Waals surface area contributed by atoms with E-state index in [0.717, 1.165) is 53.3 Å². The summed E-state index contributed by atoms with van der Waals surface area (Å²) in [6.45, 7) is 18.5. The van der Waals surface area contributed by atoms with Crippen LogP contribution in [0, 0.1) is 0 Å². The van der Waals surface area contributed by atoms with E-state index in [0.29, 0.717) is 12.0 Å². The van der Waals surface area contributed by atoms with Gasteiger partial charge < -0.3 is 14.1 Å². The predicted octanol–water partition coefficient (Wildman–Crippen LogP) is 6.93. The van der Waals surface area contributed by atoms with Crippen LogP contribution in [-0.2, 0) is 0 Å². The normalized spacial score (nSPS) is 11.6. The highest BCUT2D eigenvalue weighted by Crippen LogP contribution is 2.27. The van der Waals surface area contributed by atoms with Crippen molar-refractivity contribution in [1.29, 1.82) is 0 Å². The maximum Gasteiger partial charge on any atom is 0.279 e. The van der Waals surface area contributed by atoms with Crippen LogP contribution in [0.1, 0.15) is 47.5 Å². The highest BCUT2D eigenvalue weighted by molar-refractivity contribution is 5.94. The van der Waals surface area contributed by atoms with Crippen molar-refractivity contribution >= 4 is 16.5 Å². The summed E-state index contributed by atoms with van der Waals surface area (Å²) in [5, 5.41) is 6.37. The number of anilines is 1. The summed E-state index contributed by atoms with van der Waals surface area (Å²) in [5.74, 6) is 0.857. The lowest BCUT2D eigenvalue weighted by atomic mass is 10.0. The van der Waals surface area contributed by atoms with Gasteiger partial charge in [-0.25, -0.2) is 0 Å². The Morgan fingerprint density at radius 3 is 2.00 bits per heavy atom. The lowest BCUT2D eigenvalue weighted by Crippen LogP contribution is -2.48. The second kappa shape index (κ2) is 13.6. The summed E-state index contributed by atoms with van der Waals surface area (Å²) in [4.78, 5) is 15.7. The fourth-order valence-corrected chi connectivity index (χ4v) is 5.56. The smallest absolute Gasteiger partial charge is 0.279 e.